The maximum absolute atomic E-state index is 11.7. The van der Waals surface area contributed by atoms with Gasteiger partial charge < -0.3 is 15.0 Å². The lowest BCUT2D eigenvalue weighted by Gasteiger charge is -2.55. The number of carboxylic acid groups (broad SMARTS) is 1. The van der Waals surface area contributed by atoms with Gasteiger partial charge in [0.1, 0.15) is 5.75 Å². The molecule has 1 fully saturated rings. The molecule has 20 heavy (non-hydrogen) atoms. The van der Waals surface area contributed by atoms with Crippen molar-refractivity contribution in [2.24, 2.45) is 11.3 Å². The summed E-state index contributed by atoms with van der Waals surface area (Å²) in [5.41, 5.74) is 1.47. The Morgan fingerprint density at radius 3 is 2.80 bits per heavy atom. The summed E-state index contributed by atoms with van der Waals surface area (Å²) < 4.78 is 0. The predicted molar refractivity (Wildman–Crippen MR) is 74.2 cm³/mol. The fourth-order valence-electron chi connectivity index (χ4n) is 4.69. The quantitative estimate of drug-likeness (QED) is 0.853. The normalized spacial score (nSPS) is 36.0. The summed E-state index contributed by atoms with van der Waals surface area (Å²) in [6.07, 6.45) is 4.35. The number of hydrogen-bond acceptors (Lipinski definition) is 3. The zero-order valence-electron chi connectivity index (χ0n) is 12.1. The fraction of sp³-hybridized carbons (Fsp3) is 0.588. The van der Waals surface area contributed by atoms with Gasteiger partial charge in [-0.1, -0.05) is 26.3 Å². The third-order valence-electron chi connectivity index (χ3n) is 5.81. The Morgan fingerprint density at radius 1 is 1.35 bits per heavy atom. The van der Waals surface area contributed by atoms with Crippen molar-refractivity contribution in [1.82, 2.24) is 0 Å². The standard InChI is InChI=1S/C17H22O3/c1-16-8-3-9-17(2,15(19)20)14(16)7-5-11-4-6-12(18)10-13(11)16/h4,6,10,14,18H,3,5,7-9H2,1-2H3,(H,19,20)/p-1/t14-,16-,17+/m0/s1. The minimum absolute atomic E-state index is 0.0862. The minimum Gasteiger partial charge on any atom is -0.550 e. The van der Waals surface area contributed by atoms with Crippen LogP contribution in [-0.2, 0) is 16.6 Å². The van der Waals surface area contributed by atoms with Crippen LogP contribution in [0.5, 0.6) is 5.75 Å². The summed E-state index contributed by atoms with van der Waals surface area (Å²) in [6, 6.07) is 5.54. The van der Waals surface area contributed by atoms with Gasteiger partial charge in [-0.05, 0) is 60.3 Å². The molecule has 2 aliphatic carbocycles. The molecule has 0 bridgehead atoms. The van der Waals surface area contributed by atoms with Crippen molar-refractivity contribution in [3.8, 4) is 5.75 Å². The average Bonchev–Trinajstić information content (AvgIpc) is 2.39. The maximum Gasteiger partial charge on any atom is 0.115 e. The van der Waals surface area contributed by atoms with E-state index in [1.54, 1.807) is 6.07 Å². The Labute approximate surface area is 119 Å². The predicted octanol–water partition coefficient (Wildman–Crippen LogP) is 2.15. The second-order valence-corrected chi connectivity index (χ2v) is 6.91. The SMILES string of the molecule is C[C@@]1(C(=O)[O-])CCC[C@@]2(C)c3cc(O)ccc3CC[C@H]12. The third-order valence-corrected chi connectivity index (χ3v) is 5.81. The average molecular weight is 273 g/mol. The van der Waals surface area contributed by atoms with Gasteiger partial charge in [0.15, 0.2) is 0 Å². The van der Waals surface area contributed by atoms with Gasteiger partial charge >= 0.3 is 0 Å². The fourth-order valence-corrected chi connectivity index (χ4v) is 4.69. The first kappa shape index (κ1) is 13.5. The lowest BCUT2D eigenvalue weighted by atomic mass is 9.50. The van der Waals surface area contributed by atoms with Crippen LogP contribution in [0, 0.1) is 11.3 Å². The molecule has 1 aromatic carbocycles. The summed E-state index contributed by atoms with van der Waals surface area (Å²) in [4.78, 5) is 11.7. The topological polar surface area (TPSA) is 60.4 Å². The smallest absolute Gasteiger partial charge is 0.115 e. The monoisotopic (exact) mass is 273 g/mol. The molecule has 0 unspecified atom stereocenters. The second-order valence-electron chi connectivity index (χ2n) is 6.91. The van der Waals surface area contributed by atoms with Gasteiger partial charge in [0, 0.05) is 11.4 Å². The first-order chi connectivity index (χ1) is 9.38. The highest BCUT2D eigenvalue weighted by molar-refractivity contribution is 5.73. The molecule has 0 saturated heterocycles. The Bertz CT molecular complexity index is 565. The molecule has 108 valence electrons. The number of carbonyl (C=O) groups excluding carboxylic acids is 1. The van der Waals surface area contributed by atoms with E-state index in [4.69, 9.17) is 0 Å². The number of aryl methyl sites for hydroxylation is 1. The molecule has 0 radical (unpaired) electrons. The van der Waals surface area contributed by atoms with E-state index < -0.39 is 11.4 Å². The summed E-state index contributed by atoms with van der Waals surface area (Å²) in [5, 5.41) is 21.5. The van der Waals surface area contributed by atoms with Crippen molar-refractivity contribution >= 4 is 5.97 Å². The number of aromatic hydroxyl groups is 1. The molecule has 1 saturated carbocycles. The van der Waals surface area contributed by atoms with Gasteiger partial charge in [0.2, 0.25) is 0 Å². The maximum atomic E-state index is 11.7. The number of hydrogen-bond donors (Lipinski definition) is 1. The summed E-state index contributed by atoms with van der Waals surface area (Å²) >= 11 is 0. The van der Waals surface area contributed by atoms with Crippen LogP contribution >= 0.6 is 0 Å². The number of phenols is 1. The van der Waals surface area contributed by atoms with Crippen molar-refractivity contribution in [2.75, 3.05) is 0 Å². The number of benzene rings is 1. The summed E-state index contributed by atoms with van der Waals surface area (Å²) in [5.74, 6) is -0.563. The molecule has 0 spiro atoms. The van der Waals surface area contributed by atoms with Crippen molar-refractivity contribution < 1.29 is 15.0 Å². The van der Waals surface area contributed by atoms with Crippen LogP contribution in [-0.4, -0.2) is 11.1 Å². The molecule has 3 nitrogen and oxygen atoms in total. The summed E-state index contributed by atoms with van der Waals surface area (Å²) in [6.45, 7) is 4.01. The van der Waals surface area contributed by atoms with Gasteiger partial charge in [-0.3, -0.25) is 0 Å². The molecule has 1 N–H and O–H groups in total. The third kappa shape index (κ3) is 1.68. The zero-order chi connectivity index (χ0) is 14.5. The van der Waals surface area contributed by atoms with E-state index in [1.165, 1.54) is 5.56 Å². The lowest BCUT2D eigenvalue weighted by Crippen LogP contribution is -2.56. The molecule has 0 aromatic heterocycles. The van der Waals surface area contributed by atoms with Crippen LogP contribution in [0.3, 0.4) is 0 Å². The van der Waals surface area contributed by atoms with Crippen molar-refractivity contribution in [2.45, 2.75) is 51.4 Å². The van der Waals surface area contributed by atoms with E-state index in [0.29, 0.717) is 6.42 Å². The van der Waals surface area contributed by atoms with Crippen molar-refractivity contribution in [1.29, 1.82) is 0 Å². The van der Waals surface area contributed by atoms with Gasteiger partial charge in [0.25, 0.3) is 0 Å². The first-order valence-corrected chi connectivity index (χ1v) is 7.42. The van der Waals surface area contributed by atoms with E-state index in [2.05, 4.69) is 6.92 Å². The van der Waals surface area contributed by atoms with E-state index in [-0.39, 0.29) is 17.1 Å². The second kappa shape index (κ2) is 4.24. The Morgan fingerprint density at radius 2 is 2.10 bits per heavy atom. The van der Waals surface area contributed by atoms with E-state index >= 15 is 0 Å². The van der Waals surface area contributed by atoms with Gasteiger partial charge in [0.05, 0.1) is 0 Å². The molecular formula is C17H21O3-. The highest BCUT2D eigenvalue weighted by atomic mass is 16.4. The highest BCUT2D eigenvalue weighted by Gasteiger charge is 2.52. The highest BCUT2D eigenvalue weighted by Crippen LogP contribution is 2.57. The number of rotatable bonds is 1. The van der Waals surface area contributed by atoms with Crippen molar-refractivity contribution in [3.63, 3.8) is 0 Å². The van der Waals surface area contributed by atoms with Crippen molar-refractivity contribution in [3.05, 3.63) is 29.3 Å². The van der Waals surface area contributed by atoms with Crippen LogP contribution in [0.4, 0.5) is 0 Å². The molecule has 0 aliphatic heterocycles. The molecule has 3 rings (SSSR count). The molecule has 0 amide bonds. The minimum atomic E-state index is -0.919. The van der Waals surface area contributed by atoms with Gasteiger partial charge in [-0.2, -0.15) is 0 Å². The molecule has 2 aliphatic rings. The van der Waals surface area contributed by atoms with Crippen LogP contribution in [0.1, 0.15) is 50.7 Å². The van der Waals surface area contributed by atoms with Crippen LogP contribution in [0.2, 0.25) is 0 Å². The van der Waals surface area contributed by atoms with Gasteiger partial charge in [-0.15, -0.1) is 0 Å². The van der Waals surface area contributed by atoms with Crippen LogP contribution < -0.4 is 5.11 Å². The number of carboxylic acids is 1. The van der Waals surface area contributed by atoms with Crippen LogP contribution in [0.25, 0.3) is 0 Å². The number of fused-ring (bicyclic) bond motifs is 3. The van der Waals surface area contributed by atoms with E-state index in [1.807, 2.05) is 19.1 Å². The largest absolute Gasteiger partial charge is 0.550 e. The number of aliphatic carboxylic acids is 1. The zero-order valence-corrected chi connectivity index (χ0v) is 12.1. The number of phenolic OH excluding ortho intramolecular Hbond substituents is 1. The Balaban J connectivity index is 2.13. The lowest BCUT2D eigenvalue weighted by molar-refractivity contribution is -0.324. The van der Waals surface area contributed by atoms with Crippen LogP contribution in [0.15, 0.2) is 18.2 Å². The van der Waals surface area contributed by atoms with Gasteiger partial charge in [-0.25, -0.2) is 0 Å². The molecule has 1 aromatic rings. The Kier molecular flexibility index (Phi) is 2.86. The summed E-state index contributed by atoms with van der Waals surface area (Å²) in [7, 11) is 0. The molecule has 3 atom stereocenters. The molecule has 0 heterocycles. The first-order valence-electron chi connectivity index (χ1n) is 7.42. The number of carbonyl (C=O) groups is 1. The molecule has 3 heteroatoms. The molecular weight excluding hydrogens is 252 g/mol. The van der Waals surface area contributed by atoms with E-state index in [9.17, 15) is 15.0 Å². The van der Waals surface area contributed by atoms with E-state index in [0.717, 1.165) is 31.2 Å². The Hall–Kier alpha value is -1.51.